The fourth-order valence-electron chi connectivity index (χ4n) is 1.03. The number of carbonyl (C=O) groups excluding carboxylic acids is 2. The van der Waals surface area contributed by atoms with Crippen molar-refractivity contribution in [2.75, 3.05) is 26.5 Å². The largest absolute Gasteiger partial charge is 0.394 e. The second kappa shape index (κ2) is 4.89. The first-order valence-electron chi connectivity index (χ1n) is 4.19. The van der Waals surface area contributed by atoms with Crippen LogP contribution in [0.15, 0.2) is 0 Å². The van der Waals surface area contributed by atoms with E-state index in [0.29, 0.717) is 0 Å². The Labute approximate surface area is 80.8 Å². The maximum absolute atomic E-state index is 11.1. The van der Waals surface area contributed by atoms with Crippen molar-refractivity contribution < 1.29 is 19.4 Å². The number of ether oxygens (including phenoxy) is 1. The Kier molecular flexibility index (Phi) is 3.81. The van der Waals surface area contributed by atoms with Crippen LogP contribution < -0.4 is 11.1 Å². The van der Waals surface area contributed by atoms with Gasteiger partial charge >= 0.3 is 6.03 Å². The molecule has 1 atom stereocenters. The van der Waals surface area contributed by atoms with Crippen LogP contribution >= 0.6 is 0 Å². The summed E-state index contributed by atoms with van der Waals surface area (Å²) in [6.07, 6.45) is 0. The molecule has 1 heterocycles. The Morgan fingerprint density at radius 3 is 3.00 bits per heavy atom. The van der Waals surface area contributed by atoms with Crippen molar-refractivity contribution in [2.45, 2.75) is 6.04 Å². The van der Waals surface area contributed by atoms with Crippen LogP contribution in [0.4, 0.5) is 4.79 Å². The van der Waals surface area contributed by atoms with Gasteiger partial charge in [-0.15, -0.1) is 0 Å². The van der Waals surface area contributed by atoms with E-state index in [9.17, 15) is 9.59 Å². The molecule has 1 unspecified atom stereocenters. The number of rotatable bonds is 4. The summed E-state index contributed by atoms with van der Waals surface area (Å²) in [5.41, 5.74) is 5.42. The molecular formula is C7H13N3O4. The molecule has 0 aromatic heterocycles. The SMILES string of the molecule is NC1CN(COCCO)C(=O)NC1=O. The lowest BCUT2D eigenvalue weighted by atomic mass is 10.2. The molecular weight excluding hydrogens is 190 g/mol. The molecule has 4 N–H and O–H groups in total. The zero-order chi connectivity index (χ0) is 10.6. The molecule has 80 valence electrons. The molecule has 0 aliphatic carbocycles. The van der Waals surface area contributed by atoms with Crippen LogP contribution in [0.1, 0.15) is 0 Å². The van der Waals surface area contributed by atoms with Gasteiger partial charge in [0.1, 0.15) is 12.8 Å². The molecule has 7 heteroatoms. The molecule has 0 aromatic carbocycles. The molecule has 1 rings (SSSR count). The quantitative estimate of drug-likeness (QED) is 0.451. The van der Waals surface area contributed by atoms with Crippen LogP contribution in [0.25, 0.3) is 0 Å². The van der Waals surface area contributed by atoms with Crippen molar-refractivity contribution in [2.24, 2.45) is 5.73 Å². The average molecular weight is 203 g/mol. The summed E-state index contributed by atoms with van der Waals surface area (Å²) in [4.78, 5) is 23.3. The van der Waals surface area contributed by atoms with Crippen molar-refractivity contribution in [3.63, 3.8) is 0 Å². The van der Waals surface area contributed by atoms with Gasteiger partial charge in [-0.1, -0.05) is 0 Å². The van der Waals surface area contributed by atoms with E-state index in [-0.39, 0.29) is 26.5 Å². The van der Waals surface area contributed by atoms with Gasteiger partial charge in [0.2, 0.25) is 5.91 Å². The minimum Gasteiger partial charge on any atom is -0.394 e. The Morgan fingerprint density at radius 1 is 1.64 bits per heavy atom. The normalized spacial score (nSPS) is 22.4. The fourth-order valence-corrected chi connectivity index (χ4v) is 1.03. The summed E-state index contributed by atoms with van der Waals surface area (Å²) in [5, 5.41) is 10.5. The van der Waals surface area contributed by atoms with E-state index in [1.54, 1.807) is 0 Å². The van der Waals surface area contributed by atoms with Crippen molar-refractivity contribution in [1.82, 2.24) is 10.2 Å². The van der Waals surface area contributed by atoms with Gasteiger partial charge in [0.25, 0.3) is 0 Å². The molecule has 0 spiro atoms. The smallest absolute Gasteiger partial charge is 0.325 e. The molecule has 3 amide bonds. The van der Waals surface area contributed by atoms with E-state index in [2.05, 4.69) is 5.32 Å². The summed E-state index contributed by atoms with van der Waals surface area (Å²) in [7, 11) is 0. The summed E-state index contributed by atoms with van der Waals surface area (Å²) in [5.74, 6) is -0.478. The van der Waals surface area contributed by atoms with Crippen LogP contribution in [-0.4, -0.2) is 54.5 Å². The minimum atomic E-state index is -0.717. The van der Waals surface area contributed by atoms with Crippen LogP contribution in [-0.2, 0) is 9.53 Å². The van der Waals surface area contributed by atoms with Crippen molar-refractivity contribution in [3.8, 4) is 0 Å². The van der Waals surface area contributed by atoms with Gasteiger partial charge in [0.15, 0.2) is 0 Å². The van der Waals surface area contributed by atoms with Gasteiger partial charge in [-0.2, -0.15) is 0 Å². The number of imide groups is 1. The highest BCUT2D eigenvalue weighted by Crippen LogP contribution is 1.99. The summed E-state index contributed by atoms with van der Waals surface area (Å²) in [6.45, 7) is 0.191. The van der Waals surface area contributed by atoms with Crippen molar-refractivity contribution in [3.05, 3.63) is 0 Å². The average Bonchev–Trinajstić information content (AvgIpc) is 2.14. The molecule has 14 heavy (non-hydrogen) atoms. The summed E-state index contributed by atoms with van der Waals surface area (Å²) < 4.78 is 4.92. The maximum atomic E-state index is 11.1. The molecule has 1 aliphatic rings. The second-order valence-corrected chi connectivity index (χ2v) is 2.88. The minimum absolute atomic E-state index is 0.0212. The number of amides is 3. The first-order chi connectivity index (χ1) is 6.65. The standard InChI is InChI=1S/C7H13N3O4/c8-5-3-10(4-14-2-1-11)7(13)9-6(5)12/h5,11H,1-4,8H2,(H,9,12,13). The predicted octanol–water partition coefficient (Wildman–Crippen LogP) is -2.17. The van der Waals surface area contributed by atoms with Gasteiger partial charge in [-0.25, -0.2) is 4.79 Å². The van der Waals surface area contributed by atoms with E-state index in [1.807, 2.05) is 0 Å². The molecule has 0 saturated carbocycles. The van der Waals surface area contributed by atoms with Crippen LogP contribution in [0, 0.1) is 0 Å². The number of nitrogens with one attached hydrogen (secondary N) is 1. The number of aliphatic hydroxyl groups is 1. The van der Waals surface area contributed by atoms with E-state index in [1.165, 1.54) is 4.90 Å². The van der Waals surface area contributed by atoms with Gasteiger partial charge in [-0.3, -0.25) is 15.0 Å². The first-order valence-corrected chi connectivity index (χ1v) is 4.19. The summed E-state index contributed by atoms with van der Waals surface area (Å²) in [6, 6.07) is -1.24. The van der Waals surface area contributed by atoms with Crippen molar-refractivity contribution in [1.29, 1.82) is 0 Å². The van der Waals surface area contributed by atoms with Gasteiger partial charge < -0.3 is 15.6 Å². The number of nitrogens with two attached hydrogens (primary N) is 1. The monoisotopic (exact) mass is 203 g/mol. The molecule has 7 nitrogen and oxygen atoms in total. The van der Waals surface area contributed by atoms with E-state index in [0.717, 1.165) is 0 Å². The predicted molar refractivity (Wildman–Crippen MR) is 46.1 cm³/mol. The van der Waals surface area contributed by atoms with Gasteiger partial charge in [0, 0.05) is 6.54 Å². The molecule has 0 aromatic rings. The lowest BCUT2D eigenvalue weighted by Gasteiger charge is -2.29. The summed E-state index contributed by atoms with van der Waals surface area (Å²) >= 11 is 0. The van der Waals surface area contributed by atoms with E-state index in [4.69, 9.17) is 15.6 Å². The Morgan fingerprint density at radius 2 is 2.36 bits per heavy atom. The first kappa shape index (κ1) is 10.9. The number of nitrogens with zero attached hydrogens (tertiary/aromatic N) is 1. The third-order valence-corrected chi connectivity index (χ3v) is 1.75. The van der Waals surface area contributed by atoms with Gasteiger partial charge in [-0.05, 0) is 0 Å². The Bertz CT molecular complexity index is 233. The van der Waals surface area contributed by atoms with E-state index >= 15 is 0 Å². The molecule has 0 bridgehead atoms. The third kappa shape index (κ3) is 2.66. The van der Waals surface area contributed by atoms with Gasteiger partial charge in [0.05, 0.1) is 13.2 Å². The zero-order valence-electron chi connectivity index (χ0n) is 7.60. The number of hydrogen-bond donors (Lipinski definition) is 3. The van der Waals surface area contributed by atoms with Crippen molar-refractivity contribution >= 4 is 11.9 Å². The Balaban J connectivity index is 2.37. The second-order valence-electron chi connectivity index (χ2n) is 2.88. The molecule has 1 saturated heterocycles. The third-order valence-electron chi connectivity index (χ3n) is 1.75. The number of urea groups is 1. The highest BCUT2D eigenvalue weighted by atomic mass is 16.5. The fraction of sp³-hybridized carbons (Fsp3) is 0.714. The number of aliphatic hydroxyl groups excluding tert-OH is 1. The molecule has 0 radical (unpaired) electrons. The highest BCUT2D eigenvalue weighted by molar-refractivity contribution is 5.99. The van der Waals surface area contributed by atoms with E-state index < -0.39 is 18.0 Å². The molecule has 1 fully saturated rings. The topological polar surface area (TPSA) is 105 Å². The highest BCUT2D eigenvalue weighted by Gasteiger charge is 2.29. The maximum Gasteiger partial charge on any atom is 0.325 e. The number of carbonyl (C=O) groups is 2. The van der Waals surface area contributed by atoms with Crippen LogP contribution in [0.3, 0.4) is 0 Å². The molecule has 1 aliphatic heterocycles. The lowest BCUT2D eigenvalue weighted by Crippen LogP contribution is -2.60. The lowest BCUT2D eigenvalue weighted by molar-refractivity contribution is -0.123. The van der Waals surface area contributed by atoms with Crippen LogP contribution in [0.2, 0.25) is 0 Å². The Hall–Kier alpha value is -1.18. The van der Waals surface area contributed by atoms with Crippen LogP contribution in [0.5, 0.6) is 0 Å². The number of hydrogen-bond acceptors (Lipinski definition) is 5. The zero-order valence-corrected chi connectivity index (χ0v) is 7.60.